The molecule has 2 nitrogen and oxygen atoms in total. The summed E-state index contributed by atoms with van der Waals surface area (Å²) in [5.41, 5.74) is 9.26. The molecule has 0 bridgehead atoms. The molecule has 2 unspecified atom stereocenters. The summed E-state index contributed by atoms with van der Waals surface area (Å²) in [4.78, 5) is 2.55. The molecule has 1 aliphatic rings. The molecule has 19 heavy (non-hydrogen) atoms. The fraction of sp³-hybridized carbons (Fsp3) is 0.647. The standard InChI is InChI=1S/C17H28N2/c1-13-9-15-7-5-6-8-16(15)19(13)12-14(11-18)10-17(2,3)4/h5-8,13-14H,9-12,18H2,1-4H3. The molecule has 2 heteroatoms. The van der Waals surface area contributed by atoms with Gasteiger partial charge in [0, 0.05) is 18.3 Å². The number of fused-ring (bicyclic) bond motifs is 1. The lowest BCUT2D eigenvalue weighted by molar-refractivity contribution is 0.296. The van der Waals surface area contributed by atoms with Gasteiger partial charge in [0.15, 0.2) is 0 Å². The van der Waals surface area contributed by atoms with E-state index >= 15 is 0 Å². The second-order valence-electron chi connectivity index (χ2n) is 7.20. The molecular weight excluding hydrogens is 232 g/mol. The van der Waals surface area contributed by atoms with Gasteiger partial charge in [-0.25, -0.2) is 0 Å². The van der Waals surface area contributed by atoms with Gasteiger partial charge in [0.25, 0.3) is 0 Å². The van der Waals surface area contributed by atoms with Crippen LogP contribution in [0.4, 0.5) is 5.69 Å². The number of benzene rings is 1. The molecule has 0 saturated heterocycles. The first-order valence-electron chi connectivity index (χ1n) is 7.45. The topological polar surface area (TPSA) is 29.3 Å². The van der Waals surface area contributed by atoms with E-state index < -0.39 is 0 Å². The maximum atomic E-state index is 6.00. The van der Waals surface area contributed by atoms with Crippen LogP contribution in [0, 0.1) is 11.3 Å². The average Bonchev–Trinajstić information content (AvgIpc) is 2.63. The molecule has 0 aliphatic carbocycles. The Morgan fingerprint density at radius 1 is 1.32 bits per heavy atom. The Bertz CT molecular complexity index is 420. The summed E-state index contributed by atoms with van der Waals surface area (Å²) in [5.74, 6) is 0.577. The predicted molar refractivity (Wildman–Crippen MR) is 83.6 cm³/mol. The highest BCUT2D eigenvalue weighted by molar-refractivity contribution is 5.59. The van der Waals surface area contributed by atoms with Gasteiger partial charge in [-0.15, -0.1) is 0 Å². The zero-order chi connectivity index (χ0) is 14.0. The van der Waals surface area contributed by atoms with Crippen molar-refractivity contribution in [3.63, 3.8) is 0 Å². The molecule has 2 N–H and O–H groups in total. The zero-order valence-corrected chi connectivity index (χ0v) is 12.8. The third-order valence-electron chi connectivity index (χ3n) is 4.04. The molecule has 0 fully saturated rings. The summed E-state index contributed by atoms with van der Waals surface area (Å²) in [6.45, 7) is 11.1. The first-order valence-corrected chi connectivity index (χ1v) is 7.45. The SMILES string of the molecule is CC1Cc2ccccc2N1CC(CN)CC(C)(C)C. The highest BCUT2D eigenvalue weighted by Crippen LogP contribution is 2.34. The van der Waals surface area contributed by atoms with Crippen molar-refractivity contribution < 1.29 is 0 Å². The summed E-state index contributed by atoms with van der Waals surface area (Å²) >= 11 is 0. The highest BCUT2D eigenvalue weighted by atomic mass is 15.2. The lowest BCUT2D eigenvalue weighted by Gasteiger charge is -2.32. The van der Waals surface area contributed by atoms with Gasteiger partial charge in [-0.1, -0.05) is 39.0 Å². The Balaban J connectivity index is 2.09. The Labute approximate surface area is 118 Å². The number of hydrogen-bond donors (Lipinski definition) is 1. The molecule has 2 rings (SSSR count). The van der Waals surface area contributed by atoms with E-state index in [1.54, 1.807) is 0 Å². The zero-order valence-electron chi connectivity index (χ0n) is 12.8. The third-order valence-corrected chi connectivity index (χ3v) is 4.04. The van der Waals surface area contributed by atoms with Crippen molar-refractivity contribution in [2.24, 2.45) is 17.1 Å². The van der Waals surface area contributed by atoms with Crippen LogP contribution in [0.3, 0.4) is 0 Å². The third kappa shape index (κ3) is 3.50. The van der Waals surface area contributed by atoms with Crippen molar-refractivity contribution in [3.05, 3.63) is 29.8 Å². The van der Waals surface area contributed by atoms with Crippen LogP contribution in [0.15, 0.2) is 24.3 Å². The quantitative estimate of drug-likeness (QED) is 0.898. The van der Waals surface area contributed by atoms with Gasteiger partial charge in [0.05, 0.1) is 0 Å². The largest absolute Gasteiger partial charge is 0.368 e. The maximum Gasteiger partial charge on any atom is 0.0402 e. The first-order chi connectivity index (χ1) is 8.90. The molecule has 1 aromatic carbocycles. The fourth-order valence-electron chi connectivity index (χ4n) is 3.27. The second-order valence-corrected chi connectivity index (χ2v) is 7.20. The van der Waals surface area contributed by atoms with Gasteiger partial charge in [0.2, 0.25) is 0 Å². The Morgan fingerprint density at radius 2 is 2.00 bits per heavy atom. The van der Waals surface area contributed by atoms with Crippen molar-refractivity contribution in [3.8, 4) is 0 Å². The van der Waals surface area contributed by atoms with E-state index in [0.29, 0.717) is 17.4 Å². The van der Waals surface area contributed by atoms with Crippen LogP contribution >= 0.6 is 0 Å². The maximum absolute atomic E-state index is 6.00. The van der Waals surface area contributed by atoms with Gasteiger partial charge in [-0.2, -0.15) is 0 Å². The molecule has 2 atom stereocenters. The van der Waals surface area contributed by atoms with Crippen molar-refractivity contribution in [2.75, 3.05) is 18.0 Å². The minimum atomic E-state index is 0.354. The van der Waals surface area contributed by atoms with E-state index in [1.165, 1.54) is 24.1 Å². The van der Waals surface area contributed by atoms with E-state index in [4.69, 9.17) is 5.73 Å². The lowest BCUT2D eigenvalue weighted by Crippen LogP contribution is -2.38. The van der Waals surface area contributed by atoms with Crippen molar-refractivity contribution in [2.45, 2.75) is 46.6 Å². The summed E-state index contributed by atoms with van der Waals surface area (Å²) in [7, 11) is 0. The molecule has 1 aromatic rings. The molecular formula is C17H28N2. The van der Waals surface area contributed by atoms with Crippen molar-refractivity contribution in [1.29, 1.82) is 0 Å². The van der Waals surface area contributed by atoms with Gasteiger partial charge in [-0.3, -0.25) is 0 Å². The van der Waals surface area contributed by atoms with Gasteiger partial charge in [0.1, 0.15) is 0 Å². The minimum absolute atomic E-state index is 0.354. The van der Waals surface area contributed by atoms with Crippen LogP contribution < -0.4 is 10.6 Å². The summed E-state index contributed by atoms with van der Waals surface area (Å²) in [6.07, 6.45) is 2.36. The molecule has 106 valence electrons. The molecule has 0 aromatic heterocycles. The first kappa shape index (κ1) is 14.4. The van der Waals surface area contributed by atoms with Crippen LogP contribution in [0.25, 0.3) is 0 Å². The summed E-state index contributed by atoms with van der Waals surface area (Å²) in [5, 5.41) is 0. The number of rotatable bonds is 4. The molecule has 1 heterocycles. The second kappa shape index (κ2) is 5.54. The van der Waals surface area contributed by atoms with E-state index in [9.17, 15) is 0 Å². The van der Waals surface area contributed by atoms with Crippen LogP contribution in [-0.4, -0.2) is 19.1 Å². The molecule has 0 saturated carbocycles. The van der Waals surface area contributed by atoms with Crippen LogP contribution in [0.5, 0.6) is 0 Å². The van der Waals surface area contributed by atoms with Crippen LogP contribution in [-0.2, 0) is 6.42 Å². The van der Waals surface area contributed by atoms with Gasteiger partial charge < -0.3 is 10.6 Å². The van der Waals surface area contributed by atoms with Crippen LogP contribution in [0.2, 0.25) is 0 Å². The lowest BCUT2D eigenvalue weighted by atomic mass is 9.84. The minimum Gasteiger partial charge on any atom is -0.368 e. The number of para-hydroxylation sites is 1. The van der Waals surface area contributed by atoms with E-state index in [1.807, 2.05) is 0 Å². The number of anilines is 1. The number of nitrogens with two attached hydrogens (primary N) is 1. The Hall–Kier alpha value is -1.02. The Morgan fingerprint density at radius 3 is 2.63 bits per heavy atom. The van der Waals surface area contributed by atoms with Crippen molar-refractivity contribution in [1.82, 2.24) is 0 Å². The normalized spacial score (nSPS) is 20.5. The average molecular weight is 260 g/mol. The van der Waals surface area contributed by atoms with E-state index in [-0.39, 0.29) is 0 Å². The fourth-order valence-corrected chi connectivity index (χ4v) is 3.27. The smallest absolute Gasteiger partial charge is 0.0402 e. The number of hydrogen-bond acceptors (Lipinski definition) is 2. The van der Waals surface area contributed by atoms with Gasteiger partial charge >= 0.3 is 0 Å². The van der Waals surface area contributed by atoms with Crippen molar-refractivity contribution >= 4 is 5.69 Å². The van der Waals surface area contributed by atoms with E-state index in [0.717, 1.165) is 13.1 Å². The Kier molecular flexibility index (Phi) is 4.19. The van der Waals surface area contributed by atoms with E-state index in [2.05, 4.69) is 56.9 Å². The monoisotopic (exact) mass is 260 g/mol. The highest BCUT2D eigenvalue weighted by Gasteiger charge is 2.28. The summed E-state index contributed by atoms with van der Waals surface area (Å²) in [6, 6.07) is 9.40. The summed E-state index contributed by atoms with van der Waals surface area (Å²) < 4.78 is 0. The van der Waals surface area contributed by atoms with Crippen LogP contribution in [0.1, 0.15) is 39.7 Å². The van der Waals surface area contributed by atoms with Gasteiger partial charge in [-0.05, 0) is 49.3 Å². The molecule has 0 amide bonds. The predicted octanol–water partition coefficient (Wildman–Crippen LogP) is 3.45. The molecule has 0 spiro atoms. The molecule has 1 aliphatic heterocycles. The number of nitrogens with zero attached hydrogens (tertiary/aromatic N) is 1. The molecule has 0 radical (unpaired) electrons.